The number of alkyl carbamates (subject to hydrolysis) is 1. The van der Waals surface area contributed by atoms with Gasteiger partial charge in [-0.1, -0.05) is 30.3 Å². The Morgan fingerprint density at radius 3 is 2.57 bits per heavy atom. The van der Waals surface area contributed by atoms with Crippen LogP contribution in [0.5, 0.6) is 0 Å². The third-order valence-electron chi connectivity index (χ3n) is 2.97. The molecule has 0 unspecified atom stereocenters. The Kier molecular flexibility index (Phi) is 5.68. The third kappa shape index (κ3) is 5.78. The van der Waals surface area contributed by atoms with Gasteiger partial charge < -0.3 is 15.4 Å². The fourth-order valence-electron chi connectivity index (χ4n) is 2.02. The van der Waals surface area contributed by atoms with Crippen LogP contribution in [0.4, 0.5) is 10.6 Å². The molecule has 0 bridgehead atoms. The van der Waals surface area contributed by atoms with Crippen LogP contribution in [0.1, 0.15) is 16.8 Å². The summed E-state index contributed by atoms with van der Waals surface area (Å²) in [7, 11) is 0. The highest BCUT2D eigenvalue weighted by molar-refractivity contribution is 5.93. The standard InChI is InChI=1S/C17H19N3O3/c1-12-8-13(2)19-15(9-12)20-16(21)10-18-17(22)23-11-14-6-4-3-5-7-14/h3-9H,10-11H2,1-2H3,(H,18,22)(H,19,20,21). The van der Waals surface area contributed by atoms with Crippen molar-refractivity contribution in [1.82, 2.24) is 10.3 Å². The number of nitrogens with zero attached hydrogens (tertiary/aromatic N) is 1. The van der Waals surface area contributed by atoms with E-state index in [-0.39, 0.29) is 19.1 Å². The van der Waals surface area contributed by atoms with Gasteiger partial charge in [0.05, 0.1) is 0 Å². The molecule has 6 nitrogen and oxygen atoms in total. The Hall–Kier alpha value is -2.89. The molecule has 2 rings (SSSR count). The second kappa shape index (κ2) is 7.93. The molecule has 1 aromatic carbocycles. The first-order valence-electron chi connectivity index (χ1n) is 7.22. The zero-order valence-corrected chi connectivity index (χ0v) is 13.1. The normalized spacial score (nSPS) is 10.0. The molecule has 6 heteroatoms. The minimum Gasteiger partial charge on any atom is -0.445 e. The van der Waals surface area contributed by atoms with E-state index in [1.165, 1.54) is 0 Å². The first kappa shape index (κ1) is 16.5. The van der Waals surface area contributed by atoms with Crippen molar-refractivity contribution >= 4 is 17.8 Å². The van der Waals surface area contributed by atoms with Crippen LogP contribution in [-0.2, 0) is 16.1 Å². The van der Waals surface area contributed by atoms with Crippen molar-refractivity contribution in [3.8, 4) is 0 Å². The summed E-state index contributed by atoms with van der Waals surface area (Å²) in [6.07, 6.45) is -0.641. The molecule has 1 aromatic heterocycles. The van der Waals surface area contributed by atoms with Crippen LogP contribution in [-0.4, -0.2) is 23.5 Å². The molecule has 0 atom stereocenters. The molecule has 0 saturated carbocycles. The number of carbonyl (C=O) groups is 2. The zero-order chi connectivity index (χ0) is 16.7. The number of nitrogens with one attached hydrogen (secondary N) is 2. The van der Waals surface area contributed by atoms with Gasteiger partial charge in [-0.15, -0.1) is 0 Å². The summed E-state index contributed by atoms with van der Waals surface area (Å²) in [6.45, 7) is 3.75. The van der Waals surface area contributed by atoms with Crippen LogP contribution < -0.4 is 10.6 Å². The van der Waals surface area contributed by atoms with E-state index in [1.807, 2.05) is 50.2 Å². The molecule has 0 fully saturated rings. The summed E-state index contributed by atoms with van der Waals surface area (Å²) in [5, 5.41) is 5.03. The predicted octanol–water partition coefficient (Wildman–Crippen LogP) is 2.56. The van der Waals surface area contributed by atoms with Crippen molar-refractivity contribution in [1.29, 1.82) is 0 Å². The highest BCUT2D eigenvalue weighted by Crippen LogP contribution is 2.08. The number of hydrogen-bond acceptors (Lipinski definition) is 4. The molecule has 0 aliphatic heterocycles. The van der Waals surface area contributed by atoms with Gasteiger partial charge in [0, 0.05) is 5.69 Å². The molecular formula is C17H19N3O3. The second-order valence-corrected chi connectivity index (χ2v) is 5.13. The van der Waals surface area contributed by atoms with E-state index in [9.17, 15) is 9.59 Å². The quantitative estimate of drug-likeness (QED) is 0.889. The Morgan fingerprint density at radius 1 is 1.13 bits per heavy atom. The number of aromatic nitrogens is 1. The van der Waals surface area contributed by atoms with Gasteiger partial charge in [-0.25, -0.2) is 9.78 Å². The monoisotopic (exact) mass is 313 g/mol. The molecule has 0 aliphatic rings. The van der Waals surface area contributed by atoms with Crippen molar-refractivity contribution in [2.75, 3.05) is 11.9 Å². The lowest BCUT2D eigenvalue weighted by molar-refractivity contribution is -0.115. The first-order chi connectivity index (χ1) is 11.0. The van der Waals surface area contributed by atoms with Gasteiger partial charge in [-0.05, 0) is 37.1 Å². The molecule has 0 aliphatic carbocycles. The minimum absolute atomic E-state index is 0.160. The Bertz CT molecular complexity index is 666. The second-order valence-electron chi connectivity index (χ2n) is 5.13. The molecule has 0 radical (unpaired) electrons. The number of aryl methyl sites for hydroxylation is 2. The van der Waals surface area contributed by atoms with Crippen LogP contribution in [0.25, 0.3) is 0 Å². The average molecular weight is 313 g/mol. The number of ether oxygens (including phenoxy) is 1. The van der Waals surface area contributed by atoms with Crippen molar-refractivity contribution < 1.29 is 14.3 Å². The molecule has 0 saturated heterocycles. The summed E-state index contributed by atoms with van der Waals surface area (Å²) in [4.78, 5) is 27.5. The lowest BCUT2D eigenvalue weighted by atomic mass is 10.2. The largest absolute Gasteiger partial charge is 0.445 e. The number of pyridine rings is 1. The van der Waals surface area contributed by atoms with Crippen molar-refractivity contribution in [3.63, 3.8) is 0 Å². The maximum absolute atomic E-state index is 11.8. The summed E-state index contributed by atoms with van der Waals surface area (Å²) >= 11 is 0. The van der Waals surface area contributed by atoms with E-state index in [0.29, 0.717) is 5.82 Å². The number of rotatable bonds is 5. The van der Waals surface area contributed by atoms with E-state index in [2.05, 4.69) is 15.6 Å². The zero-order valence-electron chi connectivity index (χ0n) is 13.1. The van der Waals surface area contributed by atoms with Crippen molar-refractivity contribution in [2.45, 2.75) is 20.5 Å². The van der Waals surface area contributed by atoms with Crippen LogP contribution in [0.2, 0.25) is 0 Å². The van der Waals surface area contributed by atoms with Gasteiger partial charge in [-0.3, -0.25) is 4.79 Å². The van der Waals surface area contributed by atoms with Gasteiger partial charge in [-0.2, -0.15) is 0 Å². The first-order valence-corrected chi connectivity index (χ1v) is 7.22. The molecule has 120 valence electrons. The van der Waals surface area contributed by atoms with Crippen LogP contribution in [0.15, 0.2) is 42.5 Å². The number of amides is 2. The van der Waals surface area contributed by atoms with E-state index >= 15 is 0 Å². The summed E-state index contributed by atoms with van der Waals surface area (Å²) in [6, 6.07) is 13.0. The molecule has 2 aromatic rings. The fourth-order valence-corrected chi connectivity index (χ4v) is 2.02. The van der Waals surface area contributed by atoms with Crippen LogP contribution in [0, 0.1) is 13.8 Å². The van der Waals surface area contributed by atoms with Crippen LogP contribution in [0.3, 0.4) is 0 Å². The maximum atomic E-state index is 11.8. The van der Waals surface area contributed by atoms with Gasteiger partial charge in [0.25, 0.3) is 0 Å². The van der Waals surface area contributed by atoms with E-state index < -0.39 is 6.09 Å². The smallest absolute Gasteiger partial charge is 0.407 e. The SMILES string of the molecule is Cc1cc(C)nc(NC(=O)CNC(=O)OCc2ccccc2)c1. The van der Waals surface area contributed by atoms with Gasteiger partial charge in [0.2, 0.25) is 5.91 Å². The molecule has 0 spiro atoms. The summed E-state index contributed by atoms with van der Waals surface area (Å²) < 4.78 is 5.02. The van der Waals surface area contributed by atoms with Crippen molar-refractivity contribution in [2.24, 2.45) is 0 Å². The summed E-state index contributed by atoms with van der Waals surface area (Å²) in [5.41, 5.74) is 2.70. The van der Waals surface area contributed by atoms with Crippen LogP contribution >= 0.6 is 0 Å². The minimum atomic E-state index is -0.641. The predicted molar refractivity (Wildman–Crippen MR) is 87.0 cm³/mol. The third-order valence-corrected chi connectivity index (χ3v) is 2.97. The highest BCUT2D eigenvalue weighted by Gasteiger charge is 2.08. The molecule has 23 heavy (non-hydrogen) atoms. The molecule has 2 N–H and O–H groups in total. The van der Waals surface area contributed by atoms with E-state index in [0.717, 1.165) is 16.8 Å². The number of hydrogen-bond donors (Lipinski definition) is 2. The molecular weight excluding hydrogens is 294 g/mol. The number of anilines is 1. The number of carbonyl (C=O) groups excluding carboxylic acids is 2. The lowest BCUT2D eigenvalue weighted by Gasteiger charge is -2.08. The van der Waals surface area contributed by atoms with Gasteiger partial charge >= 0.3 is 6.09 Å². The summed E-state index contributed by atoms with van der Waals surface area (Å²) in [5.74, 6) is 0.103. The Labute approximate surface area is 134 Å². The maximum Gasteiger partial charge on any atom is 0.407 e. The topological polar surface area (TPSA) is 80.3 Å². The Balaban J connectivity index is 1.74. The van der Waals surface area contributed by atoms with E-state index in [4.69, 9.17) is 4.74 Å². The molecule has 2 amide bonds. The Morgan fingerprint density at radius 2 is 1.87 bits per heavy atom. The fraction of sp³-hybridized carbons (Fsp3) is 0.235. The van der Waals surface area contributed by atoms with Crippen molar-refractivity contribution in [3.05, 3.63) is 59.3 Å². The average Bonchev–Trinajstić information content (AvgIpc) is 2.51. The van der Waals surface area contributed by atoms with Gasteiger partial charge in [0.1, 0.15) is 19.0 Å². The molecule has 1 heterocycles. The lowest BCUT2D eigenvalue weighted by Crippen LogP contribution is -2.33. The van der Waals surface area contributed by atoms with Gasteiger partial charge in [0.15, 0.2) is 0 Å². The number of benzene rings is 1. The highest BCUT2D eigenvalue weighted by atomic mass is 16.5. The van der Waals surface area contributed by atoms with E-state index in [1.54, 1.807) is 6.07 Å².